The van der Waals surface area contributed by atoms with E-state index in [2.05, 4.69) is 4.72 Å². The molecule has 0 fully saturated rings. The summed E-state index contributed by atoms with van der Waals surface area (Å²) in [4.78, 5) is 12.9. The number of ketones is 1. The van der Waals surface area contributed by atoms with Gasteiger partial charge in [0.1, 0.15) is 11.9 Å². The third-order valence-electron chi connectivity index (χ3n) is 3.75. The van der Waals surface area contributed by atoms with Crippen LogP contribution >= 0.6 is 11.3 Å². The van der Waals surface area contributed by atoms with Gasteiger partial charge in [0.25, 0.3) is 0 Å². The van der Waals surface area contributed by atoms with Gasteiger partial charge in [0, 0.05) is 21.9 Å². The molecule has 0 unspecified atom stereocenters. The maximum Gasteiger partial charge on any atom is 0.240 e. The Morgan fingerprint density at radius 1 is 1.23 bits per heavy atom. The molecule has 1 aromatic carbocycles. The van der Waals surface area contributed by atoms with E-state index in [0.29, 0.717) is 16.2 Å². The zero-order valence-electron chi connectivity index (χ0n) is 13.9. The van der Waals surface area contributed by atoms with Crippen molar-refractivity contribution < 1.29 is 22.7 Å². The second-order valence-electron chi connectivity index (χ2n) is 5.63. The molecule has 2 heterocycles. The van der Waals surface area contributed by atoms with Crippen molar-refractivity contribution in [2.75, 3.05) is 0 Å². The van der Waals surface area contributed by atoms with Crippen LogP contribution in [0.2, 0.25) is 0 Å². The lowest BCUT2D eigenvalue weighted by molar-refractivity contribution is 0.101. The van der Waals surface area contributed by atoms with E-state index in [1.54, 1.807) is 30.3 Å². The highest BCUT2D eigenvalue weighted by Crippen LogP contribution is 2.28. The number of sulfonamides is 1. The van der Waals surface area contributed by atoms with Gasteiger partial charge in [0.05, 0.1) is 11.2 Å². The second kappa shape index (κ2) is 7.55. The van der Waals surface area contributed by atoms with Gasteiger partial charge in [-0.15, -0.1) is 11.3 Å². The number of furan rings is 1. The summed E-state index contributed by atoms with van der Waals surface area (Å²) in [6.45, 7) is 1.47. The number of Topliss-reactive ketones (excluding diaryl/α,β-unsaturated/α-hetero) is 1. The normalized spacial score (nSPS) is 12.8. The molecule has 0 bridgehead atoms. The fraction of sp³-hybridized carbons (Fsp3) is 0.167. The number of carbonyl (C=O) groups is 1. The van der Waals surface area contributed by atoms with E-state index < -0.39 is 16.1 Å². The van der Waals surface area contributed by atoms with E-state index in [9.17, 15) is 18.3 Å². The zero-order chi connectivity index (χ0) is 18.7. The fourth-order valence-corrected chi connectivity index (χ4v) is 4.45. The lowest BCUT2D eigenvalue weighted by Gasteiger charge is -2.07. The highest BCUT2D eigenvalue weighted by molar-refractivity contribution is 7.89. The van der Waals surface area contributed by atoms with Gasteiger partial charge in [-0.05, 0) is 43.3 Å². The van der Waals surface area contributed by atoms with Gasteiger partial charge in [-0.25, -0.2) is 13.1 Å². The summed E-state index contributed by atoms with van der Waals surface area (Å²) < 4.78 is 32.5. The van der Waals surface area contributed by atoms with Crippen molar-refractivity contribution >= 4 is 27.1 Å². The minimum absolute atomic E-state index is 0.0394. The number of carbonyl (C=O) groups excluding carboxylic acids is 1. The lowest BCUT2D eigenvalue weighted by Crippen LogP contribution is -2.23. The standard InChI is InChI=1S/C18H17NO5S2/c1-12(20)13-4-2-5-15(10-13)26(22,23)19-11-14-7-8-17(25-14)18(21)16-6-3-9-24-16/h2-10,18-19,21H,11H2,1H3/t18-/m1/s1. The molecular weight excluding hydrogens is 374 g/mol. The summed E-state index contributed by atoms with van der Waals surface area (Å²) in [5, 5.41) is 10.2. The number of aliphatic hydroxyl groups excluding tert-OH is 1. The maximum atomic E-state index is 12.4. The Labute approximate surface area is 155 Å². The molecule has 1 atom stereocenters. The molecule has 0 aliphatic rings. The third kappa shape index (κ3) is 4.10. The molecule has 0 aliphatic carbocycles. The van der Waals surface area contributed by atoms with Crippen LogP contribution in [0.1, 0.15) is 38.9 Å². The van der Waals surface area contributed by atoms with Crippen molar-refractivity contribution in [2.45, 2.75) is 24.5 Å². The largest absolute Gasteiger partial charge is 0.466 e. The van der Waals surface area contributed by atoms with E-state index in [-0.39, 0.29) is 17.2 Å². The van der Waals surface area contributed by atoms with Crippen molar-refractivity contribution in [3.8, 4) is 0 Å². The molecule has 26 heavy (non-hydrogen) atoms. The molecule has 2 aromatic heterocycles. The summed E-state index contributed by atoms with van der Waals surface area (Å²) in [6.07, 6.45) is 0.601. The van der Waals surface area contributed by atoms with Crippen molar-refractivity contribution in [2.24, 2.45) is 0 Å². The Balaban J connectivity index is 1.71. The summed E-state index contributed by atoms with van der Waals surface area (Å²) >= 11 is 1.29. The van der Waals surface area contributed by atoms with Gasteiger partial charge < -0.3 is 9.52 Å². The van der Waals surface area contributed by atoms with E-state index in [4.69, 9.17) is 4.42 Å². The molecule has 0 amide bonds. The molecule has 3 rings (SSSR count). The predicted octanol–water partition coefficient (Wildman–Crippen LogP) is 3.10. The van der Waals surface area contributed by atoms with E-state index in [0.717, 1.165) is 4.88 Å². The Morgan fingerprint density at radius 2 is 2.04 bits per heavy atom. The number of rotatable bonds is 7. The number of hydrogen-bond donors (Lipinski definition) is 2. The molecule has 136 valence electrons. The Kier molecular flexibility index (Phi) is 5.38. The molecule has 0 saturated carbocycles. The molecule has 3 aromatic rings. The Morgan fingerprint density at radius 3 is 2.73 bits per heavy atom. The fourth-order valence-electron chi connectivity index (χ4n) is 2.36. The topological polar surface area (TPSA) is 96.6 Å². The van der Waals surface area contributed by atoms with Gasteiger partial charge >= 0.3 is 0 Å². The third-order valence-corrected chi connectivity index (χ3v) is 6.29. The maximum absolute atomic E-state index is 12.4. The van der Waals surface area contributed by atoms with Gasteiger partial charge in [-0.3, -0.25) is 4.79 Å². The zero-order valence-corrected chi connectivity index (χ0v) is 15.5. The first-order chi connectivity index (χ1) is 12.4. The monoisotopic (exact) mass is 391 g/mol. The molecule has 0 radical (unpaired) electrons. The minimum atomic E-state index is -3.75. The lowest BCUT2D eigenvalue weighted by atomic mass is 10.2. The van der Waals surface area contributed by atoms with Gasteiger partial charge in [0.2, 0.25) is 10.0 Å². The molecule has 2 N–H and O–H groups in total. The summed E-state index contributed by atoms with van der Waals surface area (Å²) in [5.41, 5.74) is 0.341. The van der Waals surface area contributed by atoms with E-state index in [1.165, 1.54) is 42.7 Å². The van der Waals surface area contributed by atoms with Crippen molar-refractivity contribution in [3.05, 3.63) is 75.9 Å². The Hall–Kier alpha value is -2.26. The first kappa shape index (κ1) is 18.5. The second-order valence-corrected chi connectivity index (χ2v) is 8.60. The molecular formula is C18H17NO5S2. The van der Waals surface area contributed by atoms with Crippen molar-refractivity contribution in [1.82, 2.24) is 4.72 Å². The highest BCUT2D eigenvalue weighted by Gasteiger charge is 2.18. The van der Waals surface area contributed by atoms with Gasteiger partial charge in [-0.2, -0.15) is 0 Å². The quantitative estimate of drug-likeness (QED) is 0.603. The van der Waals surface area contributed by atoms with Gasteiger partial charge in [-0.1, -0.05) is 12.1 Å². The van der Waals surface area contributed by atoms with Crippen LogP contribution in [0, 0.1) is 0 Å². The summed E-state index contributed by atoms with van der Waals surface area (Å²) in [7, 11) is -3.75. The van der Waals surface area contributed by atoms with Crippen molar-refractivity contribution in [1.29, 1.82) is 0 Å². The van der Waals surface area contributed by atoms with Gasteiger partial charge in [0.15, 0.2) is 5.78 Å². The highest BCUT2D eigenvalue weighted by atomic mass is 32.2. The summed E-state index contributed by atoms with van der Waals surface area (Å²) in [5.74, 6) is 0.233. The number of thiophene rings is 1. The smallest absolute Gasteiger partial charge is 0.240 e. The van der Waals surface area contributed by atoms with E-state index in [1.807, 2.05) is 0 Å². The number of nitrogens with one attached hydrogen (secondary N) is 1. The van der Waals surface area contributed by atoms with Crippen LogP contribution in [-0.2, 0) is 16.6 Å². The number of aliphatic hydroxyl groups is 1. The molecule has 0 spiro atoms. The van der Waals surface area contributed by atoms with Crippen LogP contribution in [0.3, 0.4) is 0 Å². The summed E-state index contributed by atoms with van der Waals surface area (Å²) in [6, 6.07) is 12.8. The first-order valence-electron chi connectivity index (χ1n) is 7.77. The molecule has 8 heteroatoms. The van der Waals surface area contributed by atoms with Crippen molar-refractivity contribution in [3.63, 3.8) is 0 Å². The van der Waals surface area contributed by atoms with Crippen LogP contribution in [0.4, 0.5) is 0 Å². The average molecular weight is 391 g/mol. The SMILES string of the molecule is CC(=O)c1cccc(S(=O)(=O)NCc2ccc([C@H](O)c3ccco3)s2)c1. The number of benzene rings is 1. The molecule has 0 aliphatic heterocycles. The van der Waals surface area contributed by atoms with Crippen LogP contribution in [0.25, 0.3) is 0 Å². The molecule has 6 nitrogen and oxygen atoms in total. The van der Waals surface area contributed by atoms with Crippen LogP contribution in [0.5, 0.6) is 0 Å². The average Bonchev–Trinajstić information content (AvgIpc) is 3.31. The molecule has 0 saturated heterocycles. The minimum Gasteiger partial charge on any atom is -0.466 e. The first-order valence-corrected chi connectivity index (χ1v) is 10.1. The van der Waals surface area contributed by atoms with E-state index >= 15 is 0 Å². The van der Waals surface area contributed by atoms with Crippen LogP contribution in [0.15, 0.2) is 64.1 Å². The number of hydrogen-bond acceptors (Lipinski definition) is 6. The van der Waals surface area contributed by atoms with Crippen LogP contribution in [-0.4, -0.2) is 19.3 Å². The van der Waals surface area contributed by atoms with Crippen LogP contribution < -0.4 is 4.72 Å². The Bertz CT molecular complexity index is 1010. The predicted molar refractivity (Wildman–Crippen MR) is 97.6 cm³/mol.